The molecule has 2 amide bonds. The third kappa shape index (κ3) is 4.72. The van der Waals surface area contributed by atoms with Crippen molar-refractivity contribution in [2.24, 2.45) is 4.99 Å². The first-order valence-electron chi connectivity index (χ1n) is 8.34. The summed E-state index contributed by atoms with van der Waals surface area (Å²) >= 11 is 1.19. The zero-order chi connectivity index (χ0) is 19.1. The van der Waals surface area contributed by atoms with Crippen LogP contribution in [0.25, 0.3) is 0 Å². The number of thioether (sulfide) groups is 1. The molecule has 2 rings (SSSR count). The molecule has 0 spiro atoms. The SMILES string of the molecule is CCN=C1S/C(=C\C(=O)Nc2ccc(C(=O)OCC)cc2)C(=O)N1CC. The van der Waals surface area contributed by atoms with Gasteiger partial charge in [-0.3, -0.25) is 19.5 Å². The van der Waals surface area contributed by atoms with Gasteiger partial charge in [-0.2, -0.15) is 0 Å². The second kappa shape index (κ2) is 9.19. The van der Waals surface area contributed by atoms with Crippen LogP contribution in [0.2, 0.25) is 0 Å². The molecular formula is C18H21N3O4S. The molecule has 1 heterocycles. The van der Waals surface area contributed by atoms with Gasteiger partial charge >= 0.3 is 5.97 Å². The van der Waals surface area contributed by atoms with Crippen LogP contribution >= 0.6 is 11.8 Å². The first-order valence-corrected chi connectivity index (χ1v) is 9.15. The molecule has 26 heavy (non-hydrogen) atoms. The Hall–Kier alpha value is -2.61. The minimum Gasteiger partial charge on any atom is -0.462 e. The van der Waals surface area contributed by atoms with E-state index in [9.17, 15) is 14.4 Å². The molecule has 0 aromatic heterocycles. The molecule has 0 unspecified atom stereocenters. The van der Waals surface area contributed by atoms with Crippen molar-refractivity contribution < 1.29 is 19.1 Å². The van der Waals surface area contributed by atoms with Gasteiger partial charge in [0.05, 0.1) is 17.1 Å². The van der Waals surface area contributed by atoms with Crippen molar-refractivity contribution in [3.05, 3.63) is 40.8 Å². The van der Waals surface area contributed by atoms with Crippen LogP contribution in [0, 0.1) is 0 Å². The van der Waals surface area contributed by atoms with E-state index in [1.54, 1.807) is 36.1 Å². The maximum Gasteiger partial charge on any atom is 0.338 e. The van der Waals surface area contributed by atoms with Gasteiger partial charge in [-0.15, -0.1) is 0 Å². The number of aliphatic imine (C=N–C) groups is 1. The summed E-state index contributed by atoms with van der Waals surface area (Å²) in [5, 5.41) is 3.28. The van der Waals surface area contributed by atoms with Gasteiger partial charge in [-0.05, 0) is 56.8 Å². The summed E-state index contributed by atoms with van der Waals surface area (Å²) < 4.78 is 4.91. The molecule has 1 saturated heterocycles. The second-order valence-corrected chi connectivity index (χ2v) is 6.21. The van der Waals surface area contributed by atoms with E-state index in [1.807, 2.05) is 13.8 Å². The number of carbonyl (C=O) groups is 3. The van der Waals surface area contributed by atoms with E-state index in [1.165, 1.54) is 17.8 Å². The number of hydrogen-bond acceptors (Lipinski definition) is 6. The smallest absolute Gasteiger partial charge is 0.338 e. The number of esters is 1. The van der Waals surface area contributed by atoms with Crippen LogP contribution < -0.4 is 5.32 Å². The van der Waals surface area contributed by atoms with Crippen molar-refractivity contribution in [3.8, 4) is 0 Å². The summed E-state index contributed by atoms with van der Waals surface area (Å²) in [4.78, 5) is 42.3. The molecule has 1 aliphatic rings. The largest absolute Gasteiger partial charge is 0.462 e. The van der Waals surface area contributed by atoms with Crippen LogP contribution in [0.3, 0.4) is 0 Å². The Kier molecular flexibility index (Phi) is 6.97. The van der Waals surface area contributed by atoms with Crippen molar-refractivity contribution in [3.63, 3.8) is 0 Å². The Morgan fingerprint density at radius 1 is 1.23 bits per heavy atom. The maximum atomic E-state index is 12.3. The standard InChI is InChI=1S/C18H21N3O4S/c1-4-19-18-21(5-2)16(23)14(26-18)11-15(22)20-13-9-7-12(8-10-13)17(24)25-6-3/h7-11H,4-6H2,1-3H3,(H,20,22)/b14-11-,19-18?. The summed E-state index contributed by atoms with van der Waals surface area (Å²) in [6.07, 6.45) is 1.27. The number of amidine groups is 1. The summed E-state index contributed by atoms with van der Waals surface area (Å²) in [5.74, 6) is -1.06. The summed E-state index contributed by atoms with van der Waals surface area (Å²) in [5.41, 5.74) is 0.925. The third-order valence-corrected chi connectivity index (χ3v) is 4.47. The Labute approximate surface area is 156 Å². The predicted molar refractivity (Wildman–Crippen MR) is 102 cm³/mol. The van der Waals surface area contributed by atoms with Crippen LogP contribution in [-0.2, 0) is 14.3 Å². The van der Waals surface area contributed by atoms with Gasteiger partial charge in [0.2, 0.25) is 5.91 Å². The number of likely N-dealkylation sites (N-methyl/N-ethyl adjacent to an activating group) is 1. The molecule has 1 N–H and O–H groups in total. The highest BCUT2D eigenvalue weighted by atomic mass is 32.2. The zero-order valence-corrected chi connectivity index (χ0v) is 15.8. The van der Waals surface area contributed by atoms with Crippen LogP contribution in [-0.4, -0.2) is 47.5 Å². The van der Waals surface area contributed by atoms with E-state index in [0.717, 1.165) is 0 Å². The molecular weight excluding hydrogens is 354 g/mol. The molecule has 0 atom stereocenters. The number of nitrogens with zero attached hydrogens (tertiary/aromatic N) is 2. The van der Waals surface area contributed by atoms with Crippen LogP contribution in [0.5, 0.6) is 0 Å². The predicted octanol–water partition coefficient (Wildman–Crippen LogP) is 2.66. The first kappa shape index (κ1) is 19.7. The summed E-state index contributed by atoms with van der Waals surface area (Å²) in [6.45, 7) is 6.85. The first-order chi connectivity index (χ1) is 12.5. The fourth-order valence-electron chi connectivity index (χ4n) is 2.24. The lowest BCUT2D eigenvalue weighted by molar-refractivity contribution is -0.122. The fourth-order valence-corrected chi connectivity index (χ4v) is 3.32. The molecule has 0 radical (unpaired) electrons. The number of hydrogen-bond donors (Lipinski definition) is 1. The van der Waals surface area contributed by atoms with Crippen LogP contribution in [0.1, 0.15) is 31.1 Å². The van der Waals surface area contributed by atoms with Crippen molar-refractivity contribution in [2.45, 2.75) is 20.8 Å². The average molecular weight is 375 g/mol. The topological polar surface area (TPSA) is 88.1 Å². The Balaban J connectivity index is 2.06. The van der Waals surface area contributed by atoms with E-state index in [0.29, 0.717) is 41.0 Å². The minimum absolute atomic E-state index is 0.225. The number of ether oxygens (including phenoxy) is 1. The number of carbonyl (C=O) groups excluding carboxylic acids is 3. The Morgan fingerprint density at radius 2 is 1.92 bits per heavy atom. The van der Waals surface area contributed by atoms with Crippen molar-refractivity contribution in [1.82, 2.24) is 4.90 Å². The summed E-state index contributed by atoms with van der Waals surface area (Å²) in [7, 11) is 0. The van der Waals surface area contributed by atoms with E-state index in [2.05, 4.69) is 10.3 Å². The molecule has 0 bridgehead atoms. The van der Waals surface area contributed by atoms with Gasteiger partial charge in [0, 0.05) is 24.9 Å². The minimum atomic E-state index is -0.418. The highest BCUT2D eigenvalue weighted by Crippen LogP contribution is 2.30. The van der Waals surface area contributed by atoms with Gasteiger partial charge in [0.15, 0.2) is 5.17 Å². The number of amides is 2. The molecule has 8 heteroatoms. The van der Waals surface area contributed by atoms with Crippen LogP contribution in [0.15, 0.2) is 40.2 Å². The van der Waals surface area contributed by atoms with E-state index in [-0.39, 0.29) is 5.91 Å². The molecule has 1 fully saturated rings. The third-order valence-electron chi connectivity index (χ3n) is 3.42. The zero-order valence-electron chi connectivity index (χ0n) is 14.9. The van der Waals surface area contributed by atoms with Gasteiger partial charge in [0.25, 0.3) is 5.91 Å². The van der Waals surface area contributed by atoms with E-state index < -0.39 is 11.9 Å². The lowest BCUT2D eigenvalue weighted by Gasteiger charge is -2.11. The molecule has 1 aromatic rings. The van der Waals surface area contributed by atoms with Gasteiger partial charge < -0.3 is 10.1 Å². The molecule has 7 nitrogen and oxygen atoms in total. The van der Waals surface area contributed by atoms with Gasteiger partial charge in [-0.1, -0.05) is 0 Å². The number of nitrogens with one attached hydrogen (secondary N) is 1. The quantitative estimate of drug-likeness (QED) is 0.610. The van der Waals surface area contributed by atoms with Gasteiger partial charge in [0.1, 0.15) is 0 Å². The highest BCUT2D eigenvalue weighted by Gasteiger charge is 2.32. The average Bonchev–Trinajstić information content (AvgIpc) is 2.90. The Morgan fingerprint density at radius 3 is 2.50 bits per heavy atom. The fraction of sp³-hybridized carbons (Fsp3) is 0.333. The second-order valence-electron chi connectivity index (χ2n) is 5.20. The molecule has 1 aromatic carbocycles. The molecule has 0 saturated carbocycles. The van der Waals surface area contributed by atoms with E-state index >= 15 is 0 Å². The van der Waals surface area contributed by atoms with Crippen molar-refractivity contribution >= 4 is 40.4 Å². The Bertz CT molecular complexity index is 756. The van der Waals surface area contributed by atoms with Crippen LogP contribution in [0.4, 0.5) is 5.69 Å². The highest BCUT2D eigenvalue weighted by molar-refractivity contribution is 8.18. The lowest BCUT2D eigenvalue weighted by atomic mass is 10.2. The number of benzene rings is 1. The number of anilines is 1. The van der Waals surface area contributed by atoms with Gasteiger partial charge in [-0.25, -0.2) is 4.79 Å². The summed E-state index contributed by atoms with van der Waals surface area (Å²) in [6, 6.07) is 6.35. The normalized spacial score (nSPS) is 17.0. The van der Waals surface area contributed by atoms with Crippen molar-refractivity contribution in [1.29, 1.82) is 0 Å². The van der Waals surface area contributed by atoms with E-state index in [4.69, 9.17) is 4.74 Å². The van der Waals surface area contributed by atoms with Crippen molar-refractivity contribution in [2.75, 3.05) is 25.0 Å². The monoisotopic (exact) mass is 375 g/mol. The lowest BCUT2D eigenvalue weighted by Crippen LogP contribution is -2.29. The molecule has 0 aliphatic carbocycles. The molecule has 1 aliphatic heterocycles. The molecule has 138 valence electrons. The number of rotatable bonds is 6. The maximum absolute atomic E-state index is 12.3.